The Morgan fingerprint density at radius 2 is 1.87 bits per heavy atom. The number of benzene rings is 2. The molecule has 3 aromatic rings. The summed E-state index contributed by atoms with van der Waals surface area (Å²) in [6, 6.07) is 12.8. The predicted octanol–water partition coefficient (Wildman–Crippen LogP) is 4.77. The van der Waals surface area contributed by atoms with Crippen molar-refractivity contribution in [2.24, 2.45) is 5.92 Å². The first kappa shape index (κ1) is 22.7. The van der Waals surface area contributed by atoms with Crippen LogP contribution in [0, 0.1) is 5.92 Å². The van der Waals surface area contributed by atoms with Crippen LogP contribution in [0.1, 0.15) is 20.3 Å². The van der Waals surface area contributed by atoms with E-state index in [0.29, 0.717) is 34.2 Å². The van der Waals surface area contributed by atoms with Gasteiger partial charge in [-0.2, -0.15) is 8.78 Å². The molecular weight excluding hydrogens is 424 g/mol. The van der Waals surface area contributed by atoms with Crippen molar-refractivity contribution in [1.82, 2.24) is 9.55 Å². The summed E-state index contributed by atoms with van der Waals surface area (Å²) in [5.74, 6) is 0.167. The number of thioether (sulfide) groups is 1. The number of halogens is 2. The molecule has 0 radical (unpaired) electrons. The summed E-state index contributed by atoms with van der Waals surface area (Å²) in [5, 5.41) is 3.73. The molecule has 2 aromatic carbocycles. The molecule has 0 aliphatic heterocycles. The Balaban J connectivity index is 1.72. The highest BCUT2D eigenvalue weighted by Crippen LogP contribution is 2.21. The summed E-state index contributed by atoms with van der Waals surface area (Å²) in [6.45, 7) is 1.78. The standard InChI is InChI=1S/C22H23F2N3O3S/c1-14(2)11-12-27-20(29)17-5-3-4-6-18(17)26-22(27)31-13-19(28)25-15-7-9-16(10-8-15)30-21(23)24/h3-10,14,21H,11-13H2,1-2H3,(H,25,28). The van der Waals surface area contributed by atoms with Crippen LogP contribution in [0.25, 0.3) is 10.9 Å². The number of carbonyl (C=O) groups excluding carboxylic acids is 1. The number of hydrogen-bond donors (Lipinski definition) is 1. The lowest BCUT2D eigenvalue weighted by atomic mass is 10.1. The second kappa shape index (κ2) is 10.4. The summed E-state index contributed by atoms with van der Waals surface area (Å²) < 4.78 is 30.4. The van der Waals surface area contributed by atoms with Crippen LogP contribution < -0.4 is 15.6 Å². The zero-order valence-corrected chi connectivity index (χ0v) is 18.0. The normalized spacial score (nSPS) is 11.3. The Hall–Kier alpha value is -2.94. The second-order valence-corrected chi connectivity index (χ2v) is 8.23. The molecule has 0 fully saturated rings. The Morgan fingerprint density at radius 3 is 2.55 bits per heavy atom. The smallest absolute Gasteiger partial charge is 0.387 e. The molecule has 1 N–H and O–H groups in total. The Morgan fingerprint density at radius 1 is 1.16 bits per heavy atom. The van der Waals surface area contributed by atoms with Crippen LogP contribution in [0.5, 0.6) is 5.75 Å². The Labute approximate surface area is 182 Å². The van der Waals surface area contributed by atoms with Gasteiger partial charge in [0.2, 0.25) is 5.91 Å². The number of nitrogens with zero attached hydrogens (tertiary/aromatic N) is 2. The third kappa shape index (κ3) is 6.27. The van der Waals surface area contributed by atoms with Crippen LogP contribution >= 0.6 is 11.8 Å². The number of aromatic nitrogens is 2. The fourth-order valence-corrected chi connectivity index (χ4v) is 3.71. The van der Waals surface area contributed by atoms with Crippen LogP contribution in [0.3, 0.4) is 0 Å². The molecule has 0 saturated heterocycles. The van der Waals surface area contributed by atoms with Gasteiger partial charge < -0.3 is 10.1 Å². The molecule has 0 atom stereocenters. The van der Waals surface area contributed by atoms with E-state index >= 15 is 0 Å². The molecule has 31 heavy (non-hydrogen) atoms. The molecule has 3 rings (SSSR count). The van der Waals surface area contributed by atoms with Crippen molar-refractivity contribution >= 4 is 34.3 Å². The minimum atomic E-state index is -2.90. The van der Waals surface area contributed by atoms with Crippen LogP contribution in [0.4, 0.5) is 14.5 Å². The first-order valence-corrected chi connectivity index (χ1v) is 10.8. The van der Waals surface area contributed by atoms with Gasteiger partial charge >= 0.3 is 6.61 Å². The Bertz CT molecular complexity index is 1100. The number of nitrogens with one attached hydrogen (secondary N) is 1. The number of carbonyl (C=O) groups is 1. The van der Waals surface area contributed by atoms with Gasteiger partial charge in [-0.3, -0.25) is 14.2 Å². The zero-order valence-electron chi connectivity index (χ0n) is 17.2. The van der Waals surface area contributed by atoms with Crippen LogP contribution in [0.15, 0.2) is 58.5 Å². The number of ether oxygens (including phenoxy) is 1. The summed E-state index contributed by atoms with van der Waals surface area (Å²) in [4.78, 5) is 29.9. The molecule has 0 unspecified atom stereocenters. The molecule has 0 aliphatic carbocycles. The van der Waals surface area contributed by atoms with Gasteiger partial charge in [-0.25, -0.2) is 4.98 Å². The topological polar surface area (TPSA) is 73.2 Å². The minimum Gasteiger partial charge on any atom is -0.435 e. The fourth-order valence-electron chi connectivity index (χ4n) is 2.89. The quantitative estimate of drug-likeness (QED) is 0.378. The van der Waals surface area contributed by atoms with Crippen molar-refractivity contribution in [2.75, 3.05) is 11.1 Å². The monoisotopic (exact) mass is 447 g/mol. The maximum absolute atomic E-state index is 12.9. The number of hydrogen-bond acceptors (Lipinski definition) is 5. The summed E-state index contributed by atoms with van der Waals surface area (Å²) in [5.41, 5.74) is 0.922. The van der Waals surface area contributed by atoms with Crippen molar-refractivity contribution in [3.8, 4) is 5.75 Å². The van der Waals surface area contributed by atoms with E-state index in [1.54, 1.807) is 22.8 Å². The van der Waals surface area contributed by atoms with Crippen molar-refractivity contribution in [3.05, 3.63) is 58.9 Å². The maximum Gasteiger partial charge on any atom is 0.387 e. The molecule has 1 heterocycles. The summed E-state index contributed by atoms with van der Waals surface area (Å²) in [6.07, 6.45) is 0.812. The molecule has 6 nitrogen and oxygen atoms in total. The maximum atomic E-state index is 12.9. The number of amides is 1. The molecule has 9 heteroatoms. The van der Waals surface area contributed by atoms with E-state index in [2.05, 4.69) is 28.9 Å². The SMILES string of the molecule is CC(C)CCn1c(SCC(=O)Nc2ccc(OC(F)F)cc2)nc2ccccc2c1=O. The van der Waals surface area contributed by atoms with E-state index in [0.717, 1.165) is 6.42 Å². The number of fused-ring (bicyclic) bond motifs is 1. The Kier molecular flexibility index (Phi) is 7.62. The molecule has 0 saturated carbocycles. The third-order valence-electron chi connectivity index (χ3n) is 4.45. The lowest BCUT2D eigenvalue weighted by Crippen LogP contribution is -2.25. The lowest BCUT2D eigenvalue weighted by Gasteiger charge is -2.14. The second-order valence-electron chi connectivity index (χ2n) is 7.29. The number of para-hydroxylation sites is 1. The summed E-state index contributed by atoms with van der Waals surface area (Å²) in [7, 11) is 0. The number of alkyl halides is 2. The van der Waals surface area contributed by atoms with E-state index in [1.807, 2.05) is 6.07 Å². The van der Waals surface area contributed by atoms with Gasteiger partial charge in [0.05, 0.1) is 16.7 Å². The van der Waals surface area contributed by atoms with Crippen molar-refractivity contribution in [2.45, 2.75) is 38.6 Å². The van der Waals surface area contributed by atoms with E-state index in [4.69, 9.17) is 0 Å². The lowest BCUT2D eigenvalue weighted by molar-refractivity contribution is -0.113. The van der Waals surface area contributed by atoms with Crippen molar-refractivity contribution < 1.29 is 18.3 Å². The molecule has 164 valence electrons. The van der Waals surface area contributed by atoms with Gasteiger partial charge in [0.1, 0.15) is 5.75 Å². The first-order chi connectivity index (χ1) is 14.8. The summed E-state index contributed by atoms with van der Waals surface area (Å²) >= 11 is 1.18. The van der Waals surface area contributed by atoms with E-state index in [9.17, 15) is 18.4 Å². The predicted molar refractivity (Wildman–Crippen MR) is 118 cm³/mol. The highest BCUT2D eigenvalue weighted by atomic mass is 32.2. The zero-order chi connectivity index (χ0) is 22.4. The van der Waals surface area contributed by atoms with E-state index in [1.165, 1.54) is 36.0 Å². The van der Waals surface area contributed by atoms with Crippen LogP contribution in [0.2, 0.25) is 0 Å². The average molecular weight is 448 g/mol. The highest BCUT2D eigenvalue weighted by molar-refractivity contribution is 7.99. The molecular formula is C22H23F2N3O3S. The molecule has 0 spiro atoms. The van der Waals surface area contributed by atoms with Crippen molar-refractivity contribution in [3.63, 3.8) is 0 Å². The number of anilines is 1. The van der Waals surface area contributed by atoms with E-state index < -0.39 is 6.61 Å². The average Bonchev–Trinajstić information content (AvgIpc) is 2.72. The van der Waals surface area contributed by atoms with Crippen LogP contribution in [-0.2, 0) is 11.3 Å². The molecule has 1 amide bonds. The van der Waals surface area contributed by atoms with Gasteiger partial charge in [-0.15, -0.1) is 0 Å². The third-order valence-corrected chi connectivity index (χ3v) is 5.43. The van der Waals surface area contributed by atoms with Gasteiger partial charge in [-0.1, -0.05) is 37.7 Å². The van der Waals surface area contributed by atoms with Gasteiger partial charge in [0.25, 0.3) is 5.56 Å². The van der Waals surface area contributed by atoms with Crippen LogP contribution in [-0.4, -0.2) is 27.8 Å². The largest absolute Gasteiger partial charge is 0.435 e. The van der Waals surface area contributed by atoms with Gasteiger partial charge in [0, 0.05) is 12.2 Å². The van der Waals surface area contributed by atoms with Gasteiger partial charge in [0.15, 0.2) is 5.16 Å². The minimum absolute atomic E-state index is 0.0110. The van der Waals surface area contributed by atoms with E-state index in [-0.39, 0.29) is 23.0 Å². The molecule has 0 aliphatic rings. The molecule has 0 bridgehead atoms. The van der Waals surface area contributed by atoms with Gasteiger partial charge in [-0.05, 0) is 48.7 Å². The van der Waals surface area contributed by atoms with Crippen molar-refractivity contribution in [1.29, 1.82) is 0 Å². The fraction of sp³-hybridized carbons (Fsp3) is 0.318. The number of rotatable bonds is 9. The first-order valence-electron chi connectivity index (χ1n) is 9.80. The highest BCUT2D eigenvalue weighted by Gasteiger charge is 2.14. The molecule has 1 aromatic heterocycles.